The molecule has 28 heavy (non-hydrogen) atoms. The van der Waals surface area contributed by atoms with Gasteiger partial charge in [-0.3, -0.25) is 9.69 Å². The van der Waals surface area contributed by atoms with E-state index in [-0.39, 0.29) is 5.91 Å². The van der Waals surface area contributed by atoms with E-state index in [1.807, 2.05) is 43.3 Å². The Kier molecular flexibility index (Phi) is 5.41. The lowest BCUT2D eigenvalue weighted by Gasteiger charge is -2.27. The number of amides is 1. The van der Waals surface area contributed by atoms with E-state index < -0.39 is 0 Å². The number of carbonyl (C=O) groups is 1. The normalized spacial score (nSPS) is 14.2. The molecule has 146 valence electrons. The van der Waals surface area contributed by atoms with E-state index in [2.05, 4.69) is 20.9 Å². The van der Waals surface area contributed by atoms with E-state index in [1.54, 1.807) is 7.11 Å². The minimum Gasteiger partial charge on any atom is -0.385 e. The van der Waals surface area contributed by atoms with Gasteiger partial charge in [-0.2, -0.15) is 0 Å². The predicted molar refractivity (Wildman–Crippen MR) is 111 cm³/mol. The third-order valence-electron chi connectivity index (χ3n) is 5.19. The van der Waals surface area contributed by atoms with Crippen molar-refractivity contribution in [3.05, 3.63) is 59.4 Å². The second kappa shape index (κ2) is 8.12. The molecule has 1 aliphatic heterocycles. The van der Waals surface area contributed by atoms with Gasteiger partial charge in [-0.05, 0) is 43.7 Å². The molecule has 1 aromatic heterocycles. The molecule has 4 rings (SSSR count). The molecule has 6 heteroatoms. The van der Waals surface area contributed by atoms with E-state index in [0.29, 0.717) is 5.56 Å². The van der Waals surface area contributed by atoms with Crippen molar-refractivity contribution in [2.75, 3.05) is 32.1 Å². The van der Waals surface area contributed by atoms with Gasteiger partial charge in [-0.15, -0.1) is 0 Å². The monoisotopic (exact) mass is 378 g/mol. The standard InChI is InChI=1S/C22H26N4O2/c1-16-5-3-6-17(13-16)22(27)23-18-7-8-20-19(14-18)24-21-15-25(9-4-12-28-2)10-11-26(20)21/h3,5-8,13-14H,4,9-12,15H2,1-2H3,(H,23,27). The zero-order valence-corrected chi connectivity index (χ0v) is 16.4. The van der Waals surface area contributed by atoms with E-state index in [9.17, 15) is 4.79 Å². The van der Waals surface area contributed by atoms with Crippen molar-refractivity contribution in [1.29, 1.82) is 0 Å². The summed E-state index contributed by atoms with van der Waals surface area (Å²) in [7, 11) is 1.74. The SMILES string of the molecule is COCCCN1CCn2c(nc3cc(NC(=O)c4cccc(C)c4)ccc32)C1. The Hall–Kier alpha value is -2.70. The molecular formula is C22H26N4O2. The third-order valence-corrected chi connectivity index (χ3v) is 5.19. The highest BCUT2D eigenvalue weighted by atomic mass is 16.5. The number of imidazole rings is 1. The molecule has 0 saturated carbocycles. The minimum atomic E-state index is -0.101. The highest BCUT2D eigenvalue weighted by Crippen LogP contribution is 2.24. The van der Waals surface area contributed by atoms with Gasteiger partial charge in [0.2, 0.25) is 0 Å². The molecule has 0 spiro atoms. The molecule has 1 N–H and O–H groups in total. The van der Waals surface area contributed by atoms with Crippen LogP contribution in [0, 0.1) is 6.92 Å². The van der Waals surface area contributed by atoms with Gasteiger partial charge in [-0.25, -0.2) is 4.98 Å². The fourth-order valence-electron chi connectivity index (χ4n) is 3.76. The maximum Gasteiger partial charge on any atom is 0.255 e. The fraction of sp³-hybridized carbons (Fsp3) is 0.364. The van der Waals surface area contributed by atoms with Crippen LogP contribution in [0.15, 0.2) is 42.5 Å². The summed E-state index contributed by atoms with van der Waals surface area (Å²) in [6.45, 7) is 6.61. The minimum absolute atomic E-state index is 0.101. The van der Waals surface area contributed by atoms with Crippen LogP contribution in [0.3, 0.4) is 0 Å². The number of rotatable bonds is 6. The van der Waals surface area contributed by atoms with Crippen LogP contribution in [0.2, 0.25) is 0 Å². The van der Waals surface area contributed by atoms with Crippen molar-refractivity contribution in [3.8, 4) is 0 Å². The molecule has 3 aromatic rings. The van der Waals surface area contributed by atoms with Crippen molar-refractivity contribution in [2.24, 2.45) is 0 Å². The maximum absolute atomic E-state index is 12.5. The van der Waals surface area contributed by atoms with Gasteiger partial charge >= 0.3 is 0 Å². The molecule has 0 fully saturated rings. The van der Waals surface area contributed by atoms with Crippen molar-refractivity contribution in [3.63, 3.8) is 0 Å². The summed E-state index contributed by atoms with van der Waals surface area (Å²) in [6, 6.07) is 13.6. The smallest absolute Gasteiger partial charge is 0.255 e. The van der Waals surface area contributed by atoms with Crippen LogP contribution in [0.5, 0.6) is 0 Å². The molecule has 0 aliphatic carbocycles. The Morgan fingerprint density at radius 1 is 1.21 bits per heavy atom. The van der Waals surface area contributed by atoms with Crippen LogP contribution in [0.4, 0.5) is 5.69 Å². The summed E-state index contributed by atoms with van der Waals surface area (Å²) < 4.78 is 7.44. The quantitative estimate of drug-likeness (QED) is 0.668. The first-order valence-corrected chi connectivity index (χ1v) is 9.72. The van der Waals surface area contributed by atoms with Crippen LogP contribution in [0.1, 0.15) is 28.2 Å². The molecule has 6 nitrogen and oxygen atoms in total. The van der Waals surface area contributed by atoms with Gasteiger partial charge in [0.05, 0.1) is 17.6 Å². The highest BCUT2D eigenvalue weighted by Gasteiger charge is 2.20. The summed E-state index contributed by atoms with van der Waals surface area (Å²) in [4.78, 5) is 19.8. The first-order valence-electron chi connectivity index (χ1n) is 9.72. The van der Waals surface area contributed by atoms with Crippen molar-refractivity contribution >= 4 is 22.6 Å². The van der Waals surface area contributed by atoms with E-state index in [0.717, 1.165) is 67.3 Å². The second-order valence-electron chi connectivity index (χ2n) is 7.33. The van der Waals surface area contributed by atoms with E-state index in [4.69, 9.17) is 9.72 Å². The Morgan fingerprint density at radius 3 is 2.93 bits per heavy atom. The molecule has 2 aromatic carbocycles. The summed E-state index contributed by atoms with van der Waals surface area (Å²) >= 11 is 0. The van der Waals surface area contributed by atoms with Crippen LogP contribution >= 0.6 is 0 Å². The number of aryl methyl sites for hydroxylation is 1. The fourth-order valence-corrected chi connectivity index (χ4v) is 3.76. The predicted octanol–water partition coefficient (Wildman–Crippen LogP) is 3.45. The molecule has 0 atom stereocenters. The maximum atomic E-state index is 12.5. The summed E-state index contributed by atoms with van der Waals surface area (Å²) in [5.74, 6) is 0.983. The number of ether oxygens (including phenoxy) is 1. The number of hydrogen-bond donors (Lipinski definition) is 1. The van der Waals surface area contributed by atoms with Crippen molar-refractivity contribution in [1.82, 2.24) is 14.5 Å². The summed E-state index contributed by atoms with van der Waals surface area (Å²) in [5, 5.41) is 2.99. The third kappa shape index (κ3) is 3.93. The number of anilines is 1. The lowest BCUT2D eigenvalue weighted by molar-refractivity contribution is 0.102. The summed E-state index contributed by atoms with van der Waals surface area (Å²) in [5.41, 5.74) is 4.55. The Balaban J connectivity index is 1.50. The van der Waals surface area contributed by atoms with Gasteiger partial charge in [-0.1, -0.05) is 17.7 Å². The van der Waals surface area contributed by atoms with Crippen LogP contribution < -0.4 is 5.32 Å². The van der Waals surface area contributed by atoms with Crippen molar-refractivity contribution < 1.29 is 9.53 Å². The molecule has 1 amide bonds. The molecule has 0 unspecified atom stereocenters. The average Bonchev–Trinajstić information content (AvgIpc) is 3.05. The highest BCUT2D eigenvalue weighted by molar-refractivity contribution is 6.05. The number of benzene rings is 2. The Bertz CT molecular complexity index is 995. The number of hydrogen-bond acceptors (Lipinski definition) is 4. The number of nitrogens with zero attached hydrogens (tertiary/aromatic N) is 3. The molecule has 0 saturated heterocycles. The Labute approximate surface area is 165 Å². The van der Waals surface area contributed by atoms with Crippen LogP contribution in [0.25, 0.3) is 11.0 Å². The first-order chi connectivity index (χ1) is 13.6. The summed E-state index contributed by atoms with van der Waals surface area (Å²) in [6.07, 6.45) is 1.03. The van der Waals surface area contributed by atoms with Gasteiger partial charge < -0.3 is 14.6 Å². The lowest BCUT2D eigenvalue weighted by atomic mass is 10.1. The van der Waals surface area contributed by atoms with Gasteiger partial charge in [0.25, 0.3) is 5.91 Å². The average molecular weight is 378 g/mol. The Morgan fingerprint density at radius 2 is 2.11 bits per heavy atom. The molecular weight excluding hydrogens is 352 g/mol. The van der Waals surface area contributed by atoms with E-state index >= 15 is 0 Å². The number of aromatic nitrogens is 2. The molecule has 0 radical (unpaired) electrons. The van der Waals surface area contributed by atoms with Gasteiger partial charge in [0.15, 0.2) is 0 Å². The molecule has 1 aliphatic rings. The molecule has 2 heterocycles. The lowest BCUT2D eigenvalue weighted by Crippen LogP contribution is -2.34. The topological polar surface area (TPSA) is 59.4 Å². The van der Waals surface area contributed by atoms with Crippen molar-refractivity contribution in [2.45, 2.75) is 26.4 Å². The van der Waals surface area contributed by atoms with Gasteiger partial charge in [0, 0.05) is 44.6 Å². The number of methoxy groups -OCH3 is 1. The van der Waals surface area contributed by atoms with Crippen LogP contribution in [-0.2, 0) is 17.8 Å². The second-order valence-corrected chi connectivity index (χ2v) is 7.33. The zero-order chi connectivity index (χ0) is 19.5. The zero-order valence-electron chi connectivity index (χ0n) is 16.4. The number of fused-ring (bicyclic) bond motifs is 3. The molecule has 0 bridgehead atoms. The van der Waals surface area contributed by atoms with Crippen LogP contribution in [-0.4, -0.2) is 47.2 Å². The number of nitrogens with one attached hydrogen (secondary N) is 1. The first kappa shape index (κ1) is 18.7. The van der Waals surface area contributed by atoms with E-state index in [1.165, 1.54) is 0 Å². The number of carbonyl (C=O) groups excluding carboxylic acids is 1. The van der Waals surface area contributed by atoms with Gasteiger partial charge in [0.1, 0.15) is 5.82 Å². The largest absolute Gasteiger partial charge is 0.385 e.